The Kier molecular flexibility index (Phi) is 4.48. The number of hydrogen-bond acceptors (Lipinski definition) is 3. The SMILES string of the molecule is CC1CCCCC1NC(=O)c1ccccc1S(C)(=O)=O. The molecule has 0 saturated heterocycles. The molecule has 1 aliphatic rings. The van der Waals surface area contributed by atoms with Gasteiger partial charge in [-0.15, -0.1) is 0 Å². The smallest absolute Gasteiger partial charge is 0.252 e. The van der Waals surface area contributed by atoms with Gasteiger partial charge in [0.1, 0.15) is 0 Å². The van der Waals surface area contributed by atoms with Crippen LogP contribution in [0.15, 0.2) is 29.2 Å². The molecule has 2 rings (SSSR count). The highest BCUT2D eigenvalue weighted by atomic mass is 32.2. The second-order valence-corrected chi connectivity index (χ2v) is 7.59. The van der Waals surface area contributed by atoms with Gasteiger partial charge in [0, 0.05) is 12.3 Å². The van der Waals surface area contributed by atoms with E-state index in [0.29, 0.717) is 5.92 Å². The molecule has 1 amide bonds. The van der Waals surface area contributed by atoms with Crippen LogP contribution in [0, 0.1) is 5.92 Å². The first-order chi connectivity index (χ1) is 9.39. The van der Waals surface area contributed by atoms with Crippen LogP contribution in [0.4, 0.5) is 0 Å². The third kappa shape index (κ3) is 3.39. The summed E-state index contributed by atoms with van der Waals surface area (Å²) < 4.78 is 23.5. The standard InChI is InChI=1S/C15H21NO3S/c1-11-7-3-5-9-13(11)16-15(17)12-8-4-6-10-14(12)20(2,18)19/h4,6,8,10-11,13H,3,5,7,9H2,1-2H3,(H,16,17). The van der Waals surface area contributed by atoms with E-state index in [0.717, 1.165) is 25.5 Å². The van der Waals surface area contributed by atoms with Gasteiger partial charge in [0.2, 0.25) is 0 Å². The lowest BCUT2D eigenvalue weighted by molar-refractivity contribution is 0.0907. The fourth-order valence-electron chi connectivity index (χ4n) is 2.75. The van der Waals surface area contributed by atoms with Crippen LogP contribution < -0.4 is 5.32 Å². The molecule has 110 valence electrons. The first-order valence-electron chi connectivity index (χ1n) is 6.99. The maximum absolute atomic E-state index is 12.4. The molecule has 2 unspecified atom stereocenters. The predicted octanol–water partition coefficient (Wildman–Crippen LogP) is 2.40. The zero-order valence-corrected chi connectivity index (χ0v) is 12.7. The summed E-state index contributed by atoms with van der Waals surface area (Å²) in [5.41, 5.74) is 0.243. The molecule has 5 heteroatoms. The summed E-state index contributed by atoms with van der Waals surface area (Å²) >= 11 is 0. The molecule has 0 aromatic heterocycles. The van der Waals surface area contributed by atoms with E-state index in [-0.39, 0.29) is 22.4 Å². The Bertz CT molecular complexity index is 595. The Morgan fingerprint density at radius 2 is 1.85 bits per heavy atom. The van der Waals surface area contributed by atoms with Crippen LogP contribution in [-0.4, -0.2) is 26.6 Å². The Morgan fingerprint density at radius 3 is 2.50 bits per heavy atom. The van der Waals surface area contributed by atoms with Crippen LogP contribution >= 0.6 is 0 Å². The molecule has 0 heterocycles. The van der Waals surface area contributed by atoms with Gasteiger partial charge in [-0.2, -0.15) is 0 Å². The highest BCUT2D eigenvalue weighted by molar-refractivity contribution is 7.90. The molecule has 1 aromatic rings. The van der Waals surface area contributed by atoms with Gasteiger partial charge in [0.25, 0.3) is 5.91 Å². The van der Waals surface area contributed by atoms with Crippen LogP contribution in [-0.2, 0) is 9.84 Å². The number of carbonyl (C=O) groups excluding carboxylic acids is 1. The lowest BCUT2D eigenvalue weighted by Gasteiger charge is -2.29. The second-order valence-electron chi connectivity index (χ2n) is 5.61. The Balaban J connectivity index is 2.22. The summed E-state index contributed by atoms with van der Waals surface area (Å²) in [7, 11) is -3.39. The van der Waals surface area contributed by atoms with Crippen molar-refractivity contribution in [2.45, 2.75) is 43.5 Å². The van der Waals surface area contributed by atoms with Crippen molar-refractivity contribution in [2.24, 2.45) is 5.92 Å². The molecular weight excluding hydrogens is 274 g/mol. The second kappa shape index (κ2) is 5.95. The van der Waals surface area contributed by atoms with Gasteiger partial charge in [-0.25, -0.2) is 8.42 Å². The molecule has 1 fully saturated rings. The number of hydrogen-bond donors (Lipinski definition) is 1. The molecule has 1 aromatic carbocycles. The van der Waals surface area contributed by atoms with Crippen LogP contribution in [0.3, 0.4) is 0 Å². The van der Waals surface area contributed by atoms with Crippen LogP contribution in [0.2, 0.25) is 0 Å². The van der Waals surface area contributed by atoms with Crippen molar-refractivity contribution in [3.8, 4) is 0 Å². The number of sulfone groups is 1. The third-order valence-electron chi connectivity index (χ3n) is 3.96. The van der Waals surface area contributed by atoms with Crippen molar-refractivity contribution in [3.05, 3.63) is 29.8 Å². The van der Waals surface area contributed by atoms with Gasteiger partial charge in [0.15, 0.2) is 9.84 Å². The molecule has 1 N–H and O–H groups in total. The number of carbonyl (C=O) groups is 1. The number of nitrogens with one attached hydrogen (secondary N) is 1. The zero-order valence-electron chi connectivity index (χ0n) is 11.9. The molecule has 4 nitrogen and oxygen atoms in total. The highest BCUT2D eigenvalue weighted by Crippen LogP contribution is 2.24. The first-order valence-corrected chi connectivity index (χ1v) is 8.88. The van der Waals surface area contributed by atoms with Gasteiger partial charge < -0.3 is 5.32 Å². The van der Waals surface area contributed by atoms with Gasteiger partial charge in [-0.3, -0.25) is 4.79 Å². The Hall–Kier alpha value is -1.36. The average molecular weight is 295 g/mol. The van der Waals surface area contributed by atoms with E-state index < -0.39 is 9.84 Å². The quantitative estimate of drug-likeness (QED) is 0.931. The number of amides is 1. The minimum Gasteiger partial charge on any atom is -0.349 e. The monoisotopic (exact) mass is 295 g/mol. The molecule has 20 heavy (non-hydrogen) atoms. The summed E-state index contributed by atoms with van der Waals surface area (Å²) in [6, 6.07) is 6.52. The number of rotatable bonds is 3. The van der Waals surface area contributed by atoms with Gasteiger partial charge >= 0.3 is 0 Å². The van der Waals surface area contributed by atoms with Crippen molar-refractivity contribution in [3.63, 3.8) is 0 Å². The summed E-state index contributed by atoms with van der Waals surface area (Å²) in [5.74, 6) is 0.155. The molecule has 0 aliphatic heterocycles. The molecule has 0 spiro atoms. The molecule has 0 bridgehead atoms. The lowest BCUT2D eigenvalue weighted by atomic mass is 9.86. The number of benzene rings is 1. The van der Waals surface area contributed by atoms with E-state index in [1.807, 2.05) is 0 Å². The minimum atomic E-state index is -3.39. The van der Waals surface area contributed by atoms with E-state index in [2.05, 4.69) is 12.2 Å². The van der Waals surface area contributed by atoms with E-state index in [1.54, 1.807) is 18.2 Å². The topological polar surface area (TPSA) is 63.2 Å². The lowest BCUT2D eigenvalue weighted by Crippen LogP contribution is -2.41. The Labute approximate surface area is 120 Å². The normalized spacial score (nSPS) is 23.3. The van der Waals surface area contributed by atoms with Gasteiger partial charge in [-0.05, 0) is 30.9 Å². The van der Waals surface area contributed by atoms with Crippen molar-refractivity contribution in [1.29, 1.82) is 0 Å². The molecule has 2 atom stereocenters. The van der Waals surface area contributed by atoms with Crippen molar-refractivity contribution in [2.75, 3.05) is 6.26 Å². The van der Waals surface area contributed by atoms with E-state index in [9.17, 15) is 13.2 Å². The summed E-state index contributed by atoms with van der Waals surface area (Å²) in [6.45, 7) is 2.13. The van der Waals surface area contributed by atoms with Crippen LogP contribution in [0.1, 0.15) is 43.0 Å². The van der Waals surface area contributed by atoms with Crippen molar-refractivity contribution in [1.82, 2.24) is 5.32 Å². The Morgan fingerprint density at radius 1 is 1.20 bits per heavy atom. The zero-order chi connectivity index (χ0) is 14.8. The average Bonchev–Trinajstić information content (AvgIpc) is 2.40. The van der Waals surface area contributed by atoms with Crippen molar-refractivity contribution < 1.29 is 13.2 Å². The van der Waals surface area contributed by atoms with Crippen LogP contribution in [0.25, 0.3) is 0 Å². The minimum absolute atomic E-state index is 0.0981. The molecule has 0 radical (unpaired) electrons. The molecule has 1 saturated carbocycles. The highest BCUT2D eigenvalue weighted by Gasteiger charge is 2.25. The van der Waals surface area contributed by atoms with E-state index >= 15 is 0 Å². The van der Waals surface area contributed by atoms with E-state index in [1.165, 1.54) is 12.5 Å². The maximum Gasteiger partial charge on any atom is 0.252 e. The van der Waals surface area contributed by atoms with Gasteiger partial charge in [0.05, 0.1) is 10.5 Å². The maximum atomic E-state index is 12.4. The fourth-order valence-corrected chi connectivity index (χ4v) is 3.64. The van der Waals surface area contributed by atoms with Gasteiger partial charge in [-0.1, -0.05) is 31.9 Å². The molecule has 1 aliphatic carbocycles. The molecular formula is C15H21NO3S. The third-order valence-corrected chi connectivity index (χ3v) is 5.11. The fraction of sp³-hybridized carbons (Fsp3) is 0.533. The first kappa shape index (κ1) is 15.0. The summed E-state index contributed by atoms with van der Waals surface area (Å²) in [4.78, 5) is 12.4. The van der Waals surface area contributed by atoms with Crippen LogP contribution in [0.5, 0.6) is 0 Å². The van der Waals surface area contributed by atoms with E-state index in [4.69, 9.17) is 0 Å². The summed E-state index contributed by atoms with van der Waals surface area (Å²) in [5, 5.41) is 2.99. The predicted molar refractivity (Wildman–Crippen MR) is 78.4 cm³/mol. The summed E-state index contributed by atoms with van der Waals surface area (Å²) in [6.07, 6.45) is 5.52. The van der Waals surface area contributed by atoms with Crippen molar-refractivity contribution >= 4 is 15.7 Å². The largest absolute Gasteiger partial charge is 0.349 e.